The van der Waals surface area contributed by atoms with E-state index in [0.717, 1.165) is 5.56 Å². The molecule has 1 aliphatic heterocycles. The third-order valence-corrected chi connectivity index (χ3v) is 8.13. The predicted molar refractivity (Wildman–Crippen MR) is 129 cm³/mol. The molecule has 1 atom stereocenters. The van der Waals surface area contributed by atoms with Crippen LogP contribution in [0.15, 0.2) is 48.5 Å². The Kier molecular flexibility index (Phi) is 5.91. The van der Waals surface area contributed by atoms with E-state index in [-0.39, 0.29) is 47.3 Å². The summed E-state index contributed by atoms with van der Waals surface area (Å²) in [5, 5.41) is 0. The van der Waals surface area contributed by atoms with Crippen LogP contribution in [0.1, 0.15) is 65.0 Å². The minimum atomic E-state index is -0.887. The molecule has 2 fully saturated rings. The molecule has 1 saturated heterocycles. The first kappa shape index (κ1) is 24.1. The summed E-state index contributed by atoms with van der Waals surface area (Å²) in [5.41, 5.74) is 1.91. The van der Waals surface area contributed by atoms with Crippen LogP contribution in [-0.2, 0) is 20.9 Å². The number of amides is 3. The molecule has 2 aromatic rings. The molecule has 1 unspecified atom stereocenters. The Labute approximate surface area is 200 Å². The molecule has 180 valence electrons. The third-order valence-electron chi connectivity index (χ3n) is 8.13. The topological polar surface area (TPSA) is 57.7 Å². The molecule has 0 bridgehead atoms. The molecular weight excluding hydrogens is 431 g/mol. The van der Waals surface area contributed by atoms with E-state index in [1.54, 1.807) is 24.3 Å². The number of nitrogens with zero attached hydrogens (tertiary/aromatic N) is 2. The highest BCUT2D eigenvalue weighted by atomic mass is 19.1. The highest BCUT2D eigenvalue weighted by molar-refractivity contribution is 6.23. The Morgan fingerprint density at radius 3 is 2.06 bits per heavy atom. The fraction of sp³-hybridized carbons (Fsp3) is 0.464. The van der Waals surface area contributed by atoms with Gasteiger partial charge in [0.2, 0.25) is 11.8 Å². The second-order valence-corrected chi connectivity index (χ2v) is 11.0. The molecular formula is C28H33FN2O3. The Bertz CT molecular complexity index is 1110. The number of carbonyl (C=O) groups excluding carboxylic acids is 3. The second kappa shape index (κ2) is 8.33. The van der Waals surface area contributed by atoms with E-state index in [2.05, 4.69) is 41.5 Å². The summed E-state index contributed by atoms with van der Waals surface area (Å²) in [6, 6.07) is 12.4. The van der Waals surface area contributed by atoms with Crippen molar-refractivity contribution in [3.8, 4) is 0 Å². The first-order valence-electron chi connectivity index (χ1n) is 11.9. The van der Waals surface area contributed by atoms with Gasteiger partial charge in [0.15, 0.2) is 0 Å². The van der Waals surface area contributed by atoms with Gasteiger partial charge in [-0.25, -0.2) is 9.29 Å². The van der Waals surface area contributed by atoms with E-state index in [4.69, 9.17) is 0 Å². The van der Waals surface area contributed by atoms with Crippen LogP contribution in [0, 0.1) is 22.6 Å². The maximum Gasteiger partial charge on any atom is 0.257 e. The fourth-order valence-corrected chi connectivity index (χ4v) is 5.25. The quantitative estimate of drug-likeness (QED) is 0.546. The molecule has 0 radical (unpaired) electrons. The van der Waals surface area contributed by atoms with Crippen molar-refractivity contribution in [2.75, 3.05) is 4.90 Å². The third kappa shape index (κ3) is 3.93. The monoisotopic (exact) mass is 464 g/mol. The summed E-state index contributed by atoms with van der Waals surface area (Å²) in [6.07, 6.45) is -0.0642. The molecule has 0 spiro atoms. The zero-order valence-corrected chi connectivity index (χ0v) is 20.8. The molecule has 0 aromatic heterocycles. The minimum absolute atomic E-state index is 0.0642. The molecule has 34 heavy (non-hydrogen) atoms. The Hall–Kier alpha value is -3.02. The lowest BCUT2D eigenvalue weighted by Crippen LogP contribution is -2.46. The van der Waals surface area contributed by atoms with Gasteiger partial charge in [-0.2, -0.15) is 0 Å². The largest absolute Gasteiger partial charge is 0.325 e. The van der Waals surface area contributed by atoms with Gasteiger partial charge in [0.05, 0.1) is 12.1 Å². The molecule has 3 amide bonds. The summed E-state index contributed by atoms with van der Waals surface area (Å²) in [5.74, 6) is -1.15. The van der Waals surface area contributed by atoms with Crippen LogP contribution in [0.4, 0.5) is 10.1 Å². The van der Waals surface area contributed by atoms with E-state index in [1.165, 1.54) is 21.9 Å². The van der Waals surface area contributed by atoms with Crippen LogP contribution in [0.25, 0.3) is 0 Å². The van der Waals surface area contributed by atoms with Crippen molar-refractivity contribution in [3.63, 3.8) is 0 Å². The summed E-state index contributed by atoms with van der Waals surface area (Å²) in [6.45, 7) is 12.5. The van der Waals surface area contributed by atoms with Gasteiger partial charge < -0.3 is 4.90 Å². The van der Waals surface area contributed by atoms with Crippen molar-refractivity contribution in [1.29, 1.82) is 0 Å². The number of anilines is 1. The van der Waals surface area contributed by atoms with Gasteiger partial charge in [0.1, 0.15) is 11.9 Å². The zero-order chi connectivity index (χ0) is 25.0. The maximum absolute atomic E-state index is 13.8. The van der Waals surface area contributed by atoms with Crippen molar-refractivity contribution in [2.24, 2.45) is 16.7 Å². The van der Waals surface area contributed by atoms with Crippen LogP contribution < -0.4 is 4.90 Å². The average Bonchev–Trinajstić information content (AvgIpc) is 3.01. The normalized spacial score (nSPS) is 21.3. The molecule has 0 N–H and O–H groups in total. The molecule has 1 heterocycles. The zero-order valence-electron chi connectivity index (χ0n) is 20.8. The number of benzene rings is 2. The van der Waals surface area contributed by atoms with E-state index in [0.29, 0.717) is 17.2 Å². The maximum atomic E-state index is 13.8. The molecule has 2 aromatic carbocycles. The van der Waals surface area contributed by atoms with Gasteiger partial charge in [-0.05, 0) is 52.1 Å². The Balaban J connectivity index is 1.65. The van der Waals surface area contributed by atoms with Gasteiger partial charge in [-0.3, -0.25) is 14.4 Å². The number of carbonyl (C=O) groups is 3. The predicted octanol–water partition coefficient (Wildman–Crippen LogP) is 5.29. The molecule has 1 saturated carbocycles. The molecule has 5 nitrogen and oxygen atoms in total. The van der Waals surface area contributed by atoms with Crippen LogP contribution in [0.2, 0.25) is 0 Å². The number of hydrogen-bond donors (Lipinski definition) is 0. The lowest BCUT2D eigenvalue weighted by atomic mass is 10.0. The van der Waals surface area contributed by atoms with Crippen molar-refractivity contribution in [3.05, 3.63) is 65.5 Å². The van der Waals surface area contributed by atoms with E-state index < -0.39 is 11.9 Å². The highest BCUT2D eigenvalue weighted by Gasteiger charge is 2.69. The van der Waals surface area contributed by atoms with Crippen LogP contribution in [-0.4, -0.2) is 28.7 Å². The lowest BCUT2D eigenvalue weighted by Gasteiger charge is -2.29. The Morgan fingerprint density at radius 2 is 1.56 bits per heavy atom. The van der Waals surface area contributed by atoms with Gasteiger partial charge in [0, 0.05) is 12.5 Å². The van der Waals surface area contributed by atoms with Crippen LogP contribution >= 0.6 is 0 Å². The van der Waals surface area contributed by atoms with Gasteiger partial charge >= 0.3 is 0 Å². The minimum Gasteiger partial charge on any atom is -0.325 e. The summed E-state index contributed by atoms with van der Waals surface area (Å²) >= 11 is 0. The summed E-state index contributed by atoms with van der Waals surface area (Å²) in [4.78, 5) is 43.1. The SMILES string of the molecule is CC(C)c1ccc(N2C(=O)CC(N(Cc3ccc(F)cc3)C(=O)C3C(C)(C)C3(C)C)C2=O)cc1. The first-order valence-corrected chi connectivity index (χ1v) is 11.9. The molecule has 1 aliphatic carbocycles. The molecule has 2 aliphatic rings. The van der Waals surface area contributed by atoms with E-state index in [9.17, 15) is 18.8 Å². The van der Waals surface area contributed by atoms with Gasteiger partial charge in [0.25, 0.3) is 5.91 Å². The summed E-state index contributed by atoms with van der Waals surface area (Å²) in [7, 11) is 0. The molecule has 6 heteroatoms. The molecule has 4 rings (SSSR count). The fourth-order valence-electron chi connectivity index (χ4n) is 5.25. The number of hydrogen-bond acceptors (Lipinski definition) is 3. The first-order chi connectivity index (χ1) is 15.9. The van der Waals surface area contributed by atoms with Crippen molar-refractivity contribution < 1.29 is 18.8 Å². The second-order valence-electron chi connectivity index (χ2n) is 11.0. The van der Waals surface area contributed by atoms with Crippen LogP contribution in [0.3, 0.4) is 0 Å². The number of imide groups is 1. The summed E-state index contributed by atoms with van der Waals surface area (Å²) < 4.78 is 13.5. The van der Waals surface area contributed by atoms with Gasteiger partial charge in [-0.1, -0.05) is 65.8 Å². The van der Waals surface area contributed by atoms with Crippen molar-refractivity contribution >= 4 is 23.4 Å². The number of halogens is 1. The van der Waals surface area contributed by atoms with E-state index >= 15 is 0 Å². The lowest BCUT2D eigenvalue weighted by molar-refractivity contribution is -0.141. The standard InChI is InChI=1S/C28H33FN2O3/c1-17(2)19-9-13-21(14-10-19)31-23(32)15-22(25(31)33)30(16-18-7-11-20(29)12-8-18)26(34)24-27(3,4)28(24,5)6/h7-14,17,22,24H,15-16H2,1-6H3. The Morgan fingerprint density at radius 1 is 1.00 bits per heavy atom. The van der Waals surface area contributed by atoms with Crippen molar-refractivity contribution in [2.45, 2.75) is 66.5 Å². The smallest absolute Gasteiger partial charge is 0.257 e. The van der Waals surface area contributed by atoms with Gasteiger partial charge in [-0.15, -0.1) is 0 Å². The van der Waals surface area contributed by atoms with Crippen LogP contribution in [0.5, 0.6) is 0 Å². The van der Waals surface area contributed by atoms with Crippen molar-refractivity contribution in [1.82, 2.24) is 4.90 Å². The highest BCUT2D eigenvalue weighted by Crippen LogP contribution is 2.69. The number of rotatable bonds is 6. The van der Waals surface area contributed by atoms with E-state index in [1.807, 2.05) is 12.1 Å². The average molecular weight is 465 g/mol.